The molecule has 0 aromatic heterocycles. The quantitative estimate of drug-likeness (QED) is 0.495. The van der Waals surface area contributed by atoms with Gasteiger partial charge in [-0.3, -0.25) is 4.79 Å². The van der Waals surface area contributed by atoms with Gasteiger partial charge in [0.15, 0.2) is 5.75 Å². The number of carbonyl (C=O) groups excluding carboxylic acids is 1. The third-order valence-corrected chi connectivity index (χ3v) is 5.81. The lowest BCUT2D eigenvalue weighted by molar-refractivity contribution is 0.0746. The molecule has 1 fully saturated rings. The van der Waals surface area contributed by atoms with Gasteiger partial charge in [0.2, 0.25) is 0 Å². The predicted molar refractivity (Wildman–Crippen MR) is 123 cm³/mol. The van der Waals surface area contributed by atoms with Crippen molar-refractivity contribution in [2.75, 3.05) is 44.8 Å². The van der Waals surface area contributed by atoms with E-state index >= 15 is 0 Å². The second-order valence-corrected chi connectivity index (χ2v) is 8.12. The van der Waals surface area contributed by atoms with Crippen molar-refractivity contribution in [1.82, 2.24) is 4.90 Å². The van der Waals surface area contributed by atoms with Gasteiger partial charge in [-0.25, -0.2) is 0 Å². The van der Waals surface area contributed by atoms with Crippen LogP contribution in [0, 0.1) is 0 Å². The van der Waals surface area contributed by atoms with E-state index in [1.807, 2.05) is 29.2 Å². The molecular weight excluding hydrogens is 423 g/mol. The third kappa shape index (κ3) is 5.52. The van der Waals surface area contributed by atoms with Gasteiger partial charge in [0, 0.05) is 37.4 Å². The molecule has 2 aromatic carbocycles. The highest BCUT2D eigenvalue weighted by Gasteiger charge is 2.24. The van der Waals surface area contributed by atoms with Gasteiger partial charge >= 0.3 is 0 Å². The molecule has 0 bridgehead atoms. The van der Waals surface area contributed by atoms with Crippen LogP contribution in [0.5, 0.6) is 11.5 Å². The second kappa shape index (κ2) is 10.8. The first-order valence-electron chi connectivity index (χ1n) is 10.3. The number of methoxy groups -OCH3 is 1. The third-order valence-electron chi connectivity index (χ3n) is 5.24. The van der Waals surface area contributed by atoms with Crippen molar-refractivity contribution in [3.8, 4) is 11.5 Å². The number of piperazine rings is 1. The van der Waals surface area contributed by atoms with E-state index in [9.17, 15) is 4.79 Å². The Kier molecular flexibility index (Phi) is 8.11. The largest absolute Gasteiger partial charge is 0.497 e. The Morgan fingerprint density at radius 2 is 1.63 bits per heavy atom. The molecule has 2 aromatic rings. The van der Waals surface area contributed by atoms with Crippen molar-refractivity contribution in [2.24, 2.45) is 0 Å². The lowest BCUT2D eigenvalue weighted by Gasteiger charge is -2.36. The summed E-state index contributed by atoms with van der Waals surface area (Å²) in [7, 11) is 1.66. The Labute approximate surface area is 188 Å². The summed E-state index contributed by atoms with van der Waals surface area (Å²) in [6, 6.07) is 11.3. The SMILES string of the molecule is CCCCCOc1c(Cl)cc(C(=O)N2CCN(c3ccc(OC)cc3)CC2)cc1Cl. The van der Waals surface area contributed by atoms with Crippen LogP contribution in [0.25, 0.3) is 0 Å². The monoisotopic (exact) mass is 450 g/mol. The van der Waals surface area contributed by atoms with E-state index in [-0.39, 0.29) is 5.91 Å². The Morgan fingerprint density at radius 3 is 2.20 bits per heavy atom. The predicted octanol–water partition coefficient (Wildman–Crippen LogP) is 5.53. The smallest absolute Gasteiger partial charge is 0.254 e. The number of anilines is 1. The number of amides is 1. The van der Waals surface area contributed by atoms with Crippen LogP contribution in [-0.2, 0) is 0 Å². The summed E-state index contributed by atoms with van der Waals surface area (Å²) in [5.74, 6) is 1.22. The fourth-order valence-electron chi connectivity index (χ4n) is 3.49. The molecule has 0 radical (unpaired) electrons. The Hall–Kier alpha value is -2.11. The number of benzene rings is 2. The van der Waals surface area contributed by atoms with Crippen molar-refractivity contribution < 1.29 is 14.3 Å². The van der Waals surface area contributed by atoms with Gasteiger partial charge in [-0.05, 0) is 42.8 Å². The first-order valence-corrected chi connectivity index (χ1v) is 11.1. The van der Waals surface area contributed by atoms with Crippen molar-refractivity contribution in [1.29, 1.82) is 0 Å². The van der Waals surface area contributed by atoms with Gasteiger partial charge in [0.05, 0.1) is 23.8 Å². The maximum Gasteiger partial charge on any atom is 0.254 e. The molecule has 7 heteroatoms. The molecule has 1 saturated heterocycles. The first kappa shape index (κ1) is 22.6. The van der Waals surface area contributed by atoms with E-state index in [2.05, 4.69) is 11.8 Å². The van der Waals surface area contributed by atoms with Gasteiger partial charge in [-0.1, -0.05) is 43.0 Å². The van der Waals surface area contributed by atoms with Gasteiger partial charge in [0.25, 0.3) is 5.91 Å². The van der Waals surface area contributed by atoms with Gasteiger partial charge in [0.1, 0.15) is 5.75 Å². The van der Waals surface area contributed by atoms with Crippen molar-refractivity contribution in [3.05, 3.63) is 52.0 Å². The highest BCUT2D eigenvalue weighted by Crippen LogP contribution is 2.35. The van der Waals surface area contributed by atoms with E-state index in [0.29, 0.717) is 41.1 Å². The average molecular weight is 451 g/mol. The lowest BCUT2D eigenvalue weighted by atomic mass is 10.1. The zero-order valence-electron chi connectivity index (χ0n) is 17.5. The molecule has 1 amide bonds. The summed E-state index contributed by atoms with van der Waals surface area (Å²) < 4.78 is 10.9. The van der Waals surface area contributed by atoms with Crippen LogP contribution in [0.3, 0.4) is 0 Å². The van der Waals surface area contributed by atoms with Crippen LogP contribution in [0.2, 0.25) is 10.0 Å². The molecule has 162 valence electrons. The summed E-state index contributed by atoms with van der Waals surface area (Å²) in [6.45, 7) is 5.49. The maximum atomic E-state index is 13.0. The highest BCUT2D eigenvalue weighted by atomic mass is 35.5. The molecule has 3 rings (SSSR count). The molecule has 0 spiro atoms. The van der Waals surface area contributed by atoms with Crippen molar-refractivity contribution in [3.63, 3.8) is 0 Å². The van der Waals surface area contributed by atoms with Crippen LogP contribution in [0.1, 0.15) is 36.5 Å². The number of carbonyl (C=O) groups is 1. The summed E-state index contributed by atoms with van der Waals surface area (Å²) in [4.78, 5) is 17.1. The molecular formula is C23H28Cl2N2O3. The summed E-state index contributed by atoms with van der Waals surface area (Å²) in [5.41, 5.74) is 1.61. The molecule has 0 N–H and O–H groups in total. The maximum absolute atomic E-state index is 13.0. The molecule has 0 unspecified atom stereocenters. The number of rotatable bonds is 8. The van der Waals surface area contributed by atoms with Gasteiger partial charge < -0.3 is 19.3 Å². The van der Waals surface area contributed by atoms with Crippen LogP contribution < -0.4 is 14.4 Å². The Morgan fingerprint density at radius 1 is 1.00 bits per heavy atom. The molecule has 1 aliphatic heterocycles. The fraction of sp³-hybridized carbons (Fsp3) is 0.435. The first-order chi connectivity index (χ1) is 14.5. The van der Waals surface area contributed by atoms with Crippen molar-refractivity contribution in [2.45, 2.75) is 26.2 Å². The minimum absolute atomic E-state index is 0.0642. The molecule has 1 aliphatic rings. The van der Waals surface area contributed by atoms with E-state index < -0.39 is 0 Å². The van der Waals surface area contributed by atoms with Crippen LogP contribution in [-0.4, -0.2) is 50.7 Å². The van der Waals surface area contributed by atoms with E-state index in [4.69, 9.17) is 32.7 Å². The summed E-state index contributed by atoms with van der Waals surface area (Å²) >= 11 is 12.7. The average Bonchev–Trinajstić information content (AvgIpc) is 2.77. The molecule has 30 heavy (non-hydrogen) atoms. The van der Waals surface area contributed by atoms with E-state index in [1.165, 1.54) is 0 Å². The standard InChI is InChI=1S/C23H28Cl2N2O3/c1-3-4-5-14-30-22-20(24)15-17(16-21(22)25)23(28)27-12-10-26(11-13-27)18-6-8-19(29-2)9-7-18/h6-9,15-16H,3-5,10-14H2,1-2H3. The van der Waals surface area contributed by atoms with Crippen LogP contribution in [0.4, 0.5) is 5.69 Å². The van der Waals surface area contributed by atoms with Gasteiger partial charge in [-0.2, -0.15) is 0 Å². The number of ether oxygens (including phenoxy) is 2. The molecule has 5 nitrogen and oxygen atoms in total. The highest BCUT2D eigenvalue weighted by molar-refractivity contribution is 6.37. The second-order valence-electron chi connectivity index (χ2n) is 7.30. The number of hydrogen-bond donors (Lipinski definition) is 0. The number of unbranched alkanes of at least 4 members (excludes halogenated alkanes) is 2. The molecule has 0 aliphatic carbocycles. The van der Waals surface area contributed by atoms with E-state index in [1.54, 1.807) is 19.2 Å². The number of halogens is 2. The zero-order valence-corrected chi connectivity index (χ0v) is 19.0. The molecule has 0 saturated carbocycles. The van der Waals surface area contributed by atoms with Crippen LogP contribution in [0.15, 0.2) is 36.4 Å². The summed E-state index contributed by atoms with van der Waals surface area (Å²) in [5, 5.41) is 0.749. The normalized spacial score (nSPS) is 14.0. The molecule has 0 atom stereocenters. The van der Waals surface area contributed by atoms with Crippen molar-refractivity contribution >= 4 is 34.8 Å². The van der Waals surface area contributed by atoms with Crippen LogP contribution >= 0.6 is 23.2 Å². The number of hydrogen-bond acceptors (Lipinski definition) is 4. The topological polar surface area (TPSA) is 42.0 Å². The Bertz CT molecular complexity index is 827. The molecule has 1 heterocycles. The van der Waals surface area contributed by atoms with Gasteiger partial charge in [-0.15, -0.1) is 0 Å². The minimum atomic E-state index is -0.0642. The summed E-state index contributed by atoms with van der Waals surface area (Å²) in [6.07, 6.45) is 3.15. The lowest BCUT2D eigenvalue weighted by Crippen LogP contribution is -2.48. The Balaban J connectivity index is 1.60. The van der Waals surface area contributed by atoms with E-state index in [0.717, 1.165) is 43.8 Å². The zero-order chi connectivity index (χ0) is 21.5. The minimum Gasteiger partial charge on any atom is -0.497 e. The fourth-order valence-corrected chi connectivity index (χ4v) is 4.09. The number of nitrogens with zero attached hydrogens (tertiary/aromatic N) is 2.